The van der Waals surface area contributed by atoms with Crippen molar-refractivity contribution in [3.8, 4) is 0 Å². The summed E-state index contributed by atoms with van der Waals surface area (Å²) in [6.07, 6.45) is 3.32. The van der Waals surface area contributed by atoms with E-state index in [2.05, 4.69) is 43.5 Å². The zero-order chi connectivity index (χ0) is 9.52. The third-order valence-corrected chi connectivity index (χ3v) is 6.09. The molecule has 1 unspecified atom stereocenters. The third-order valence-electron chi connectivity index (χ3n) is 1.77. The predicted octanol–water partition coefficient (Wildman–Crippen LogP) is 4.80. The molecule has 0 saturated heterocycles. The Balaban J connectivity index is 2.56. The molecule has 0 aliphatic carbocycles. The van der Waals surface area contributed by atoms with E-state index < -0.39 is 0 Å². The van der Waals surface area contributed by atoms with Crippen LogP contribution in [0.2, 0.25) is 0 Å². The van der Waals surface area contributed by atoms with Crippen LogP contribution in [0, 0.1) is 0 Å². The quantitative estimate of drug-likeness (QED) is 0.667. The van der Waals surface area contributed by atoms with Crippen molar-refractivity contribution in [2.75, 3.05) is 6.26 Å². The zero-order valence-corrected chi connectivity index (χ0v) is 10.3. The van der Waals surface area contributed by atoms with Gasteiger partial charge in [0.05, 0.1) is 0 Å². The smallest absolute Gasteiger partial charge is 0.0406 e. The maximum absolute atomic E-state index is 2.24. The van der Waals surface area contributed by atoms with Gasteiger partial charge in [-0.25, -0.2) is 0 Å². The van der Waals surface area contributed by atoms with Gasteiger partial charge in [-0.15, -0.1) is 0 Å². The number of hydrogen-bond donors (Lipinski definition) is 0. The second-order valence-corrected chi connectivity index (χ2v) is 7.08. The maximum atomic E-state index is 2.24. The van der Waals surface area contributed by atoms with Crippen LogP contribution in [0.1, 0.15) is 24.2 Å². The highest BCUT2D eigenvalue weighted by Gasteiger charge is 2.08. The van der Waals surface area contributed by atoms with Crippen LogP contribution in [0.3, 0.4) is 0 Å². The average molecular weight is 230 g/mol. The summed E-state index contributed by atoms with van der Waals surface area (Å²) in [5, 5.41) is 0.638. The van der Waals surface area contributed by atoms with Gasteiger partial charge in [-0.2, -0.15) is 0 Å². The van der Waals surface area contributed by atoms with Gasteiger partial charge in [0.15, 0.2) is 0 Å². The Morgan fingerprint density at radius 3 is 2.46 bits per heavy atom. The third kappa shape index (κ3) is 3.88. The number of rotatable bonds is 5. The molecule has 0 heterocycles. The molecule has 0 aromatic heterocycles. The van der Waals surface area contributed by atoms with Crippen molar-refractivity contribution < 1.29 is 0 Å². The molecule has 0 radical (unpaired) electrons. The highest BCUT2D eigenvalue weighted by Crippen LogP contribution is 2.44. The summed E-state index contributed by atoms with van der Waals surface area (Å²) in [5.74, 6) is 0. The fourth-order valence-electron chi connectivity index (χ4n) is 1.11. The first-order valence-electron chi connectivity index (χ1n) is 4.29. The van der Waals surface area contributed by atoms with E-state index in [0.29, 0.717) is 5.25 Å². The van der Waals surface area contributed by atoms with Gasteiger partial charge in [0, 0.05) is 5.25 Å². The van der Waals surface area contributed by atoms with Crippen LogP contribution in [-0.4, -0.2) is 6.26 Å². The Hall–Kier alpha value is 0.270. The SMILES string of the molecule is CCC(SSSC)c1ccccc1. The van der Waals surface area contributed by atoms with Gasteiger partial charge in [-0.05, 0) is 28.1 Å². The van der Waals surface area contributed by atoms with E-state index in [-0.39, 0.29) is 0 Å². The summed E-state index contributed by atoms with van der Waals surface area (Å²) in [4.78, 5) is 0. The lowest BCUT2D eigenvalue weighted by atomic mass is 10.1. The molecule has 3 heteroatoms. The van der Waals surface area contributed by atoms with Crippen molar-refractivity contribution in [3.05, 3.63) is 35.9 Å². The Morgan fingerprint density at radius 2 is 1.92 bits per heavy atom. The van der Waals surface area contributed by atoms with Gasteiger partial charge >= 0.3 is 0 Å². The first kappa shape index (κ1) is 11.3. The first-order chi connectivity index (χ1) is 6.38. The molecule has 0 aliphatic heterocycles. The second kappa shape index (κ2) is 6.68. The normalized spacial score (nSPS) is 12.8. The van der Waals surface area contributed by atoms with E-state index in [4.69, 9.17) is 0 Å². The van der Waals surface area contributed by atoms with E-state index in [1.54, 1.807) is 0 Å². The molecule has 0 fully saturated rings. The van der Waals surface area contributed by atoms with Crippen LogP contribution in [0.4, 0.5) is 0 Å². The van der Waals surface area contributed by atoms with Crippen molar-refractivity contribution in [2.24, 2.45) is 0 Å². The van der Waals surface area contributed by atoms with Crippen LogP contribution in [0.25, 0.3) is 0 Å². The average Bonchev–Trinajstić information content (AvgIpc) is 2.21. The van der Waals surface area contributed by atoms with E-state index >= 15 is 0 Å². The summed E-state index contributed by atoms with van der Waals surface area (Å²) >= 11 is 0. The molecule has 0 N–H and O–H groups in total. The first-order valence-corrected chi connectivity index (χ1v) is 8.25. The van der Waals surface area contributed by atoms with Gasteiger partial charge in [0.2, 0.25) is 0 Å². The molecule has 1 atom stereocenters. The Morgan fingerprint density at radius 1 is 1.23 bits per heavy atom. The molecule has 0 bridgehead atoms. The Bertz CT molecular complexity index is 223. The van der Waals surface area contributed by atoms with Gasteiger partial charge in [-0.3, -0.25) is 0 Å². The fourth-order valence-corrected chi connectivity index (χ4v) is 4.51. The highest BCUT2D eigenvalue weighted by molar-refractivity contribution is 9.09. The second-order valence-electron chi connectivity index (χ2n) is 2.64. The van der Waals surface area contributed by atoms with Gasteiger partial charge in [-0.1, -0.05) is 58.8 Å². The minimum Gasteiger partial charge on any atom is -0.0860 e. The standard InChI is InChI=1S/C10H14S3/c1-3-10(12-13-11-2)9-7-5-4-6-8-9/h4-8,10H,3H2,1-2H3. The Kier molecular flexibility index (Phi) is 5.83. The molecule has 0 saturated carbocycles. The van der Waals surface area contributed by atoms with Gasteiger partial charge in [0.1, 0.15) is 0 Å². The van der Waals surface area contributed by atoms with E-state index in [1.165, 1.54) is 12.0 Å². The molecule has 0 aliphatic rings. The topological polar surface area (TPSA) is 0 Å². The van der Waals surface area contributed by atoms with E-state index in [9.17, 15) is 0 Å². The minimum absolute atomic E-state index is 0.638. The molecule has 1 aromatic carbocycles. The van der Waals surface area contributed by atoms with Crippen LogP contribution in [-0.2, 0) is 0 Å². The number of benzene rings is 1. The van der Waals surface area contributed by atoms with Crippen molar-refractivity contribution >= 4 is 31.4 Å². The van der Waals surface area contributed by atoms with Crippen molar-refractivity contribution in [3.63, 3.8) is 0 Å². The molecular weight excluding hydrogens is 216 g/mol. The van der Waals surface area contributed by atoms with Crippen LogP contribution in [0.15, 0.2) is 30.3 Å². The van der Waals surface area contributed by atoms with Crippen LogP contribution >= 0.6 is 31.4 Å². The lowest BCUT2D eigenvalue weighted by molar-refractivity contribution is 0.901. The van der Waals surface area contributed by atoms with Gasteiger partial charge < -0.3 is 0 Å². The lowest BCUT2D eigenvalue weighted by Crippen LogP contribution is -1.88. The van der Waals surface area contributed by atoms with Crippen LogP contribution < -0.4 is 0 Å². The monoisotopic (exact) mass is 230 g/mol. The predicted molar refractivity (Wildman–Crippen MR) is 68.2 cm³/mol. The fraction of sp³-hybridized carbons (Fsp3) is 0.400. The van der Waals surface area contributed by atoms with Gasteiger partial charge in [0.25, 0.3) is 0 Å². The maximum Gasteiger partial charge on any atom is 0.0406 e. The Labute approximate surface area is 92.1 Å². The molecular formula is C10H14S3. The molecule has 0 nitrogen and oxygen atoms in total. The molecule has 0 amide bonds. The number of hydrogen-bond acceptors (Lipinski definition) is 3. The summed E-state index contributed by atoms with van der Waals surface area (Å²) in [6.45, 7) is 2.24. The molecule has 1 rings (SSSR count). The van der Waals surface area contributed by atoms with Crippen LogP contribution in [0.5, 0.6) is 0 Å². The van der Waals surface area contributed by atoms with Crippen molar-refractivity contribution in [2.45, 2.75) is 18.6 Å². The van der Waals surface area contributed by atoms with E-state index in [1.807, 2.05) is 31.4 Å². The zero-order valence-electron chi connectivity index (χ0n) is 7.90. The highest BCUT2D eigenvalue weighted by atomic mass is 33.5. The summed E-state index contributed by atoms with van der Waals surface area (Å²) in [5.41, 5.74) is 1.44. The minimum atomic E-state index is 0.638. The summed E-state index contributed by atoms with van der Waals surface area (Å²) in [7, 11) is 5.64. The molecule has 72 valence electrons. The largest absolute Gasteiger partial charge is 0.0860 e. The molecule has 0 spiro atoms. The summed E-state index contributed by atoms with van der Waals surface area (Å²) in [6, 6.07) is 10.7. The van der Waals surface area contributed by atoms with E-state index in [0.717, 1.165) is 0 Å². The van der Waals surface area contributed by atoms with Crippen molar-refractivity contribution in [1.82, 2.24) is 0 Å². The lowest BCUT2D eigenvalue weighted by Gasteiger charge is -2.12. The summed E-state index contributed by atoms with van der Waals surface area (Å²) < 4.78 is 0. The molecule has 13 heavy (non-hydrogen) atoms. The molecule has 1 aromatic rings. The van der Waals surface area contributed by atoms with Crippen molar-refractivity contribution in [1.29, 1.82) is 0 Å².